The van der Waals surface area contributed by atoms with Crippen LogP contribution in [0.1, 0.15) is 61.0 Å². The Balaban J connectivity index is 2.74. The van der Waals surface area contributed by atoms with Crippen molar-refractivity contribution in [2.45, 2.75) is 85.3 Å². The van der Waals surface area contributed by atoms with Gasteiger partial charge in [0.25, 0.3) is 0 Å². The summed E-state index contributed by atoms with van der Waals surface area (Å²) in [5.41, 5.74) is 2.00. The second kappa shape index (κ2) is 8.35. The first-order valence-electron chi connectivity index (χ1n) is 9.04. The molecule has 0 aromatic heterocycles. The van der Waals surface area contributed by atoms with Crippen molar-refractivity contribution in [3.63, 3.8) is 0 Å². The van der Waals surface area contributed by atoms with Gasteiger partial charge in [0, 0.05) is 6.07 Å². The van der Waals surface area contributed by atoms with E-state index in [0.717, 1.165) is 5.56 Å². The van der Waals surface area contributed by atoms with Crippen molar-refractivity contribution in [3.05, 3.63) is 23.8 Å². The third-order valence-electron chi connectivity index (χ3n) is 4.11. The van der Waals surface area contributed by atoms with Gasteiger partial charge in [-0.1, -0.05) is 6.07 Å². The molecule has 0 aliphatic carbocycles. The Morgan fingerprint density at radius 3 is 2.22 bits per heavy atom. The van der Waals surface area contributed by atoms with Gasteiger partial charge in [-0.3, -0.25) is 15.6 Å². The van der Waals surface area contributed by atoms with E-state index in [-0.39, 0.29) is 0 Å². The van der Waals surface area contributed by atoms with E-state index in [4.69, 9.17) is 14.3 Å². The molecule has 0 saturated heterocycles. The van der Waals surface area contributed by atoms with Crippen LogP contribution in [0.5, 0.6) is 5.75 Å². The molecule has 154 valence electrons. The van der Waals surface area contributed by atoms with Crippen molar-refractivity contribution >= 4 is 11.8 Å². The maximum absolute atomic E-state index is 11.8. The summed E-state index contributed by atoms with van der Waals surface area (Å²) in [5, 5.41) is 12.8. The van der Waals surface area contributed by atoms with Gasteiger partial charge in [-0.15, -0.1) is 0 Å². The average Bonchev–Trinajstić information content (AvgIpc) is 2.44. The predicted molar refractivity (Wildman–Crippen MR) is 106 cm³/mol. The van der Waals surface area contributed by atoms with Crippen LogP contribution in [0, 0.1) is 6.92 Å². The molecule has 7 heteroatoms. The van der Waals surface area contributed by atoms with E-state index in [0.29, 0.717) is 11.4 Å². The number of hydrogen-bond acceptors (Lipinski definition) is 6. The highest BCUT2D eigenvalue weighted by Gasteiger charge is 2.37. The molecular weight excluding hydrogens is 348 g/mol. The lowest BCUT2D eigenvalue weighted by Crippen LogP contribution is -2.48. The number of aryl methyl sites for hydroxylation is 1. The SMILES string of the molecule is Cc1ccc(NOC(C)(C)C(C)(C)O)cc1OC(C)NC(=O)OC(C)(C)C. The number of carbonyl (C=O) groups excluding carboxylic acids is 1. The fourth-order valence-electron chi connectivity index (χ4n) is 1.80. The third-order valence-corrected chi connectivity index (χ3v) is 4.11. The van der Waals surface area contributed by atoms with E-state index in [1.807, 2.05) is 19.1 Å². The molecule has 0 spiro atoms. The number of rotatable bonds is 7. The number of amides is 1. The zero-order chi connectivity index (χ0) is 21.0. The Labute approximate surface area is 162 Å². The van der Waals surface area contributed by atoms with Gasteiger partial charge in [-0.05, 0) is 73.9 Å². The Bertz CT molecular complexity index is 645. The highest BCUT2D eigenvalue weighted by Crippen LogP contribution is 2.28. The normalized spacial score (nSPS) is 13.7. The first kappa shape index (κ1) is 23.0. The van der Waals surface area contributed by atoms with E-state index in [9.17, 15) is 9.90 Å². The van der Waals surface area contributed by atoms with Crippen LogP contribution in [0.25, 0.3) is 0 Å². The fraction of sp³-hybridized carbons (Fsp3) is 0.650. The average molecular weight is 383 g/mol. The number of nitrogens with one attached hydrogen (secondary N) is 2. The van der Waals surface area contributed by atoms with Crippen molar-refractivity contribution in [2.75, 3.05) is 5.48 Å². The molecule has 1 aromatic carbocycles. The summed E-state index contributed by atoms with van der Waals surface area (Å²) in [7, 11) is 0. The fourth-order valence-corrected chi connectivity index (χ4v) is 1.80. The Kier molecular flexibility index (Phi) is 7.13. The minimum atomic E-state index is -1.03. The first-order chi connectivity index (χ1) is 12.1. The molecule has 0 radical (unpaired) electrons. The summed E-state index contributed by atoms with van der Waals surface area (Å²) in [6, 6.07) is 5.48. The van der Waals surface area contributed by atoms with Crippen molar-refractivity contribution in [1.29, 1.82) is 0 Å². The lowest BCUT2D eigenvalue weighted by molar-refractivity contribution is -0.130. The quantitative estimate of drug-likeness (QED) is 0.485. The maximum Gasteiger partial charge on any atom is 0.410 e. The second-order valence-electron chi connectivity index (χ2n) is 8.66. The van der Waals surface area contributed by atoms with Gasteiger partial charge >= 0.3 is 6.09 Å². The van der Waals surface area contributed by atoms with E-state index >= 15 is 0 Å². The number of carbonyl (C=O) groups is 1. The molecule has 1 amide bonds. The molecule has 0 saturated carbocycles. The largest absolute Gasteiger partial charge is 0.471 e. The molecule has 0 aliphatic heterocycles. The lowest BCUT2D eigenvalue weighted by Gasteiger charge is -2.36. The minimum absolute atomic E-state index is 0.544. The van der Waals surface area contributed by atoms with E-state index in [1.165, 1.54) is 0 Å². The number of anilines is 1. The summed E-state index contributed by atoms with van der Waals surface area (Å²) in [6.45, 7) is 16.0. The summed E-state index contributed by atoms with van der Waals surface area (Å²) in [4.78, 5) is 17.5. The molecule has 1 unspecified atom stereocenters. The molecule has 1 rings (SSSR count). The number of hydrogen-bond donors (Lipinski definition) is 3. The Hall–Kier alpha value is -1.99. The van der Waals surface area contributed by atoms with Crippen LogP contribution < -0.4 is 15.5 Å². The van der Waals surface area contributed by atoms with Gasteiger partial charge in [-0.2, -0.15) is 0 Å². The Morgan fingerprint density at radius 1 is 1.11 bits per heavy atom. The summed E-state index contributed by atoms with van der Waals surface area (Å²) >= 11 is 0. The van der Waals surface area contributed by atoms with Crippen LogP contribution in [0.4, 0.5) is 10.5 Å². The summed E-state index contributed by atoms with van der Waals surface area (Å²) < 4.78 is 11.0. The standard InChI is InChI=1S/C20H34N2O5/c1-13-10-11-15(22-27-20(8,9)19(6,7)24)12-16(13)25-14(2)21-17(23)26-18(3,4)5/h10-12,14,22,24H,1-9H3,(H,21,23). The molecule has 0 bridgehead atoms. The second-order valence-corrected chi connectivity index (χ2v) is 8.66. The van der Waals surface area contributed by atoms with Crippen molar-refractivity contribution in [3.8, 4) is 5.75 Å². The van der Waals surface area contributed by atoms with Gasteiger partial charge in [0.05, 0.1) is 11.3 Å². The lowest BCUT2D eigenvalue weighted by atomic mass is 9.90. The zero-order valence-electron chi connectivity index (χ0n) is 17.9. The van der Waals surface area contributed by atoms with E-state index in [1.54, 1.807) is 61.5 Å². The van der Waals surface area contributed by atoms with Crippen LogP contribution in [0.2, 0.25) is 0 Å². The van der Waals surface area contributed by atoms with Crippen molar-refractivity contribution in [1.82, 2.24) is 5.32 Å². The highest BCUT2D eigenvalue weighted by molar-refractivity contribution is 5.67. The monoisotopic (exact) mass is 382 g/mol. The first-order valence-corrected chi connectivity index (χ1v) is 9.04. The molecule has 0 fully saturated rings. The number of benzene rings is 1. The molecule has 0 heterocycles. The van der Waals surface area contributed by atoms with Crippen LogP contribution in [0.3, 0.4) is 0 Å². The third kappa shape index (κ3) is 7.64. The van der Waals surface area contributed by atoms with Crippen LogP contribution >= 0.6 is 0 Å². The number of alkyl carbamates (subject to hydrolysis) is 1. The molecule has 1 aromatic rings. The van der Waals surface area contributed by atoms with Gasteiger partial charge in [0.1, 0.15) is 17.0 Å². The van der Waals surface area contributed by atoms with Crippen LogP contribution in [-0.4, -0.2) is 34.2 Å². The maximum atomic E-state index is 11.8. The predicted octanol–water partition coefficient (Wildman–Crippen LogP) is 4.14. The van der Waals surface area contributed by atoms with Gasteiger partial charge < -0.3 is 14.6 Å². The molecular formula is C20H34N2O5. The topological polar surface area (TPSA) is 89.0 Å². The van der Waals surface area contributed by atoms with Crippen molar-refractivity contribution in [2.24, 2.45) is 0 Å². The van der Waals surface area contributed by atoms with E-state index < -0.39 is 29.1 Å². The molecule has 7 nitrogen and oxygen atoms in total. The van der Waals surface area contributed by atoms with Gasteiger partial charge in [-0.25, -0.2) is 4.79 Å². The molecule has 1 atom stereocenters. The Morgan fingerprint density at radius 2 is 1.70 bits per heavy atom. The summed E-state index contributed by atoms with van der Waals surface area (Å²) in [5.74, 6) is 0.591. The smallest absolute Gasteiger partial charge is 0.410 e. The zero-order valence-corrected chi connectivity index (χ0v) is 17.9. The van der Waals surface area contributed by atoms with Crippen molar-refractivity contribution < 1.29 is 24.2 Å². The molecule has 27 heavy (non-hydrogen) atoms. The molecule has 0 aliphatic rings. The number of ether oxygens (including phenoxy) is 2. The van der Waals surface area contributed by atoms with Gasteiger partial charge in [0.2, 0.25) is 0 Å². The van der Waals surface area contributed by atoms with Crippen LogP contribution in [-0.2, 0) is 9.57 Å². The van der Waals surface area contributed by atoms with Gasteiger partial charge in [0.15, 0.2) is 6.23 Å². The highest BCUT2D eigenvalue weighted by atomic mass is 16.7. The van der Waals surface area contributed by atoms with Crippen LogP contribution in [0.15, 0.2) is 18.2 Å². The minimum Gasteiger partial charge on any atom is -0.471 e. The summed E-state index contributed by atoms with van der Waals surface area (Å²) in [6.07, 6.45) is -1.13. The number of aliphatic hydroxyl groups is 1. The molecule has 3 N–H and O–H groups in total. The van der Waals surface area contributed by atoms with E-state index in [2.05, 4.69) is 10.8 Å².